The summed E-state index contributed by atoms with van der Waals surface area (Å²) in [7, 11) is 3.55. The molecule has 0 atom stereocenters. The molecule has 1 saturated carbocycles. The van der Waals surface area contributed by atoms with Crippen LogP contribution in [0.4, 0.5) is 0 Å². The molecule has 5 nitrogen and oxygen atoms in total. The van der Waals surface area contributed by atoms with E-state index in [2.05, 4.69) is 12.2 Å². The number of carbonyl (C=O) groups excluding carboxylic acids is 1. The van der Waals surface area contributed by atoms with E-state index in [0.717, 1.165) is 32.1 Å². The number of hydrogen-bond donors (Lipinski definition) is 2. The molecule has 5 heteroatoms. The average Bonchev–Trinajstić information content (AvgIpc) is 2.38. The van der Waals surface area contributed by atoms with E-state index in [1.165, 1.54) is 0 Å². The molecule has 118 valence electrons. The van der Waals surface area contributed by atoms with E-state index < -0.39 is 5.60 Å². The van der Waals surface area contributed by atoms with Crippen molar-refractivity contribution in [3.8, 4) is 0 Å². The Kier molecular flexibility index (Phi) is 7.48. The molecule has 0 aromatic heterocycles. The molecule has 0 spiro atoms. The van der Waals surface area contributed by atoms with Gasteiger partial charge in [-0.1, -0.05) is 6.92 Å². The van der Waals surface area contributed by atoms with Gasteiger partial charge in [0.15, 0.2) is 0 Å². The summed E-state index contributed by atoms with van der Waals surface area (Å²) in [4.78, 5) is 13.7. The number of aliphatic hydroxyl groups is 1. The quantitative estimate of drug-likeness (QED) is 0.654. The molecule has 0 bridgehead atoms. The van der Waals surface area contributed by atoms with Crippen molar-refractivity contribution in [1.82, 2.24) is 10.2 Å². The van der Waals surface area contributed by atoms with Crippen LogP contribution in [0.1, 0.15) is 39.0 Å². The summed E-state index contributed by atoms with van der Waals surface area (Å²) in [5.74, 6) is 0.723. The van der Waals surface area contributed by atoms with Gasteiger partial charge in [0.05, 0.1) is 12.1 Å². The summed E-state index contributed by atoms with van der Waals surface area (Å²) in [6, 6.07) is 0. The predicted octanol–water partition coefficient (Wildman–Crippen LogP) is 1.01. The van der Waals surface area contributed by atoms with Crippen LogP contribution in [0.5, 0.6) is 0 Å². The number of ether oxygens (including phenoxy) is 1. The van der Waals surface area contributed by atoms with E-state index in [0.29, 0.717) is 32.2 Å². The second kappa shape index (κ2) is 8.60. The molecule has 0 aliphatic heterocycles. The first-order valence-corrected chi connectivity index (χ1v) is 7.62. The summed E-state index contributed by atoms with van der Waals surface area (Å²) < 4.78 is 4.93. The van der Waals surface area contributed by atoms with Gasteiger partial charge in [0, 0.05) is 26.8 Å². The van der Waals surface area contributed by atoms with Gasteiger partial charge >= 0.3 is 0 Å². The van der Waals surface area contributed by atoms with E-state index >= 15 is 0 Å². The molecule has 0 unspecified atom stereocenters. The number of likely N-dealkylation sites (N-methyl/N-ethyl adjacent to an activating group) is 1. The van der Waals surface area contributed by atoms with Crippen LogP contribution in [0.15, 0.2) is 0 Å². The fourth-order valence-corrected chi connectivity index (χ4v) is 2.76. The molecule has 20 heavy (non-hydrogen) atoms. The number of carbonyl (C=O) groups is 1. The normalized spacial score (nSPS) is 26.8. The molecule has 0 saturated heterocycles. The topological polar surface area (TPSA) is 61.8 Å². The van der Waals surface area contributed by atoms with Gasteiger partial charge in [0.2, 0.25) is 5.91 Å². The van der Waals surface area contributed by atoms with Crippen molar-refractivity contribution in [2.75, 3.05) is 40.4 Å². The van der Waals surface area contributed by atoms with Crippen LogP contribution in [0.2, 0.25) is 0 Å². The molecule has 0 heterocycles. The SMILES string of the molecule is COCCCNC(=O)CN(C)CC1(O)CCC(C)CC1. The second-order valence-electron chi connectivity index (χ2n) is 6.28. The number of amides is 1. The molecule has 1 amide bonds. The lowest BCUT2D eigenvalue weighted by Gasteiger charge is -2.37. The molecule has 1 rings (SSSR count). The van der Waals surface area contributed by atoms with Crippen LogP contribution < -0.4 is 5.32 Å². The average molecular weight is 286 g/mol. The number of hydrogen-bond acceptors (Lipinski definition) is 4. The first kappa shape index (κ1) is 17.4. The number of nitrogens with zero attached hydrogens (tertiary/aromatic N) is 1. The molecule has 2 N–H and O–H groups in total. The first-order chi connectivity index (χ1) is 9.45. The lowest BCUT2D eigenvalue weighted by Crippen LogP contribution is -2.46. The van der Waals surface area contributed by atoms with E-state index in [-0.39, 0.29) is 5.91 Å². The van der Waals surface area contributed by atoms with Crippen molar-refractivity contribution >= 4 is 5.91 Å². The molecule has 0 aromatic rings. The molecular formula is C15H30N2O3. The standard InChI is InChI=1S/C15H30N2O3/c1-13-5-7-15(19,8-6-13)12-17(2)11-14(18)16-9-4-10-20-3/h13,19H,4-12H2,1-3H3,(H,16,18). The molecular weight excluding hydrogens is 256 g/mol. The summed E-state index contributed by atoms with van der Waals surface area (Å²) >= 11 is 0. The maximum absolute atomic E-state index is 11.7. The third-order valence-corrected chi connectivity index (χ3v) is 4.03. The highest BCUT2D eigenvalue weighted by molar-refractivity contribution is 5.77. The number of methoxy groups -OCH3 is 1. The van der Waals surface area contributed by atoms with E-state index in [4.69, 9.17) is 4.74 Å². The Bertz CT molecular complexity index is 289. The largest absolute Gasteiger partial charge is 0.389 e. The van der Waals surface area contributed by atoms with Crippen molar-refractivity contribution in [3.05, 3.63) is 0 Å². The lowest BCUT2D eigenvalue weighted by atomic mass is 9.79. The Labute approximate surface area is 122 Å². The Morgan fingerprint density at radius 2 is 2.10 bits per heavy atom. The van der Waals surface area contributed by atoms with Crippen molar-refractivity contribution in [3.63, 3.8) is 0 Å². The predicted molar refractivity (Wildman–Crippen MR) is 79.6 cm³/mol. The minimum atomic E-state index is -0.614. The Morgan fingerprint density at radius 3 is 2.70 bits per heavy atom. The fraction of sp³-hybridized carbons (Fsp3) is 0.933. The summed E-state index contributed by atoms with van der Waals surface area (Å²) in [5.41, 5.74) is -0.614. The fourth-order valence-electron chi connectivity index (χ4n) is 2.76. The third-order valence-electron chi connectivity index (χ3n) is 4.03. The Balaban J connectivity index is 2.21. The molecule has 1 aliphatic carbocycles. The van der Waals surface area contributed by atoms with Gasteiger partial charge in [-0.25, -0.2) is 0 Å². The van der Waals surface area contributed by atoms with Gasteiger partial charge in [-0.3, -0.25) is 9.69 Å². The van der Waals surface area contributed by atoms with Crippen molar-refractivity contribution < 1.29 is 14.6 Å². The van der Waals surface area contributed by atoms with Crippen LogP contribution >= 0.6 is 0 Å². The molecule has 0 aromatic carbocycles. The second-order valence-corrected chi connectivity index (χ2v) is 6.28. The minimum Gasteiger partial charge on any atom is -0.389 e. The molecule has 1 aliphatic rings. The monoisotopic (exact) mass is 286 g/mol. The van der Waals surface area contributed by atoms with Crippen LogP contribution in [0.25, 0.3) is 0 Å². The zero-order valence-electron chi connectivity index (χ0n) is 13.2. The van der Waals surface area contributed by atoms with Gasteiger partial charge < -0.3 is 15.2 Å². The Hall–Kier alpha value is -0.650. The van der Waals surface area contributed by atoms with Crippen LogP contribution in [-0.2, 0) is 9.53 Å². The number of rotatable bonds is 8. The van der Waals surface area contributed by atoms with Crippen LogP contribution in [0.3, 0.4) is 0 Å². The summed E-state index contributed by atoms with van der Waals surface area (Å²) in [6.45, 7) is 4.45. The van der Waals surface area contributed by atoms with Gasteiger partial charge in [-0.2, -0.15) is 0 Å². The van der Waals surface area contributed by atoms with Gasteiger partial charge in [0.1, 0.15) is 0 Å². The minimum absolute atomic E-state index is 0.0105. The Morgan fingerprint density at radius 1 is 1.45 bits per heavy atom. The van der Waals surface area contributed by atoms with Crippen LogP contribution in [0, 0.1) is 5.92 Å². The van der Waals surface area contributed by atoms with Crippen molar-refractivity contribution in [2.24, 2.45) is 5.92 Å². The zero-order valence-corrected chi connectivity index (χ0v) is 13.2. The van der Waals surface area contributed by atoms with E-state index in [1.54, 1.807) is 7.11 Å². The first-order valence-electron chi connectivity index (χ1n) is 7.62. The van der Waals surface area contributed by atoms with Crippen molar-refractivity contribution in [2.45, 2.75) is 44.6 Å². The van der Waals surface area contributed by atoms with Crippen molar-refractivity contribution in [1.29, 1.82) is 0 Å². The molecule has 1 fully saturated rings. The third kappa shape index (κ3) is 6.68. The van der Waals surface area contributed by atoms with Gasteiger partial charge in [-0.15, -0.1) is 0 Å². The maximum Gasteiger partial charge on any atom is 0.234 e. The van der Waals surface area contributed by atoms with E-state index in [9.17, 15) is 9.90 Å². The highest BCUT2D eigenvalue weighted by atomic mass is 16.5. The maximum atomic E-state index is 11.7. The van der Waals surface area contributed by atoms with Gasteiger partial charge in [-0.05, 0) is 45.1 Å². The highest BCUT2D eigenvalue weighted by Gasteiger charge is 2.32. The smallest absolute Gasteiger partial charge is 0.234 e. The number of nitrogens with one attached hydrogen (secondary N) is 1. The van der Waals surface area contributed by atoms with Gasteiger partial charge in [0.25, 0.3) is 0 Å². The zero-order chi connectivity index (χ0) is 15.0. The van der Waals surface area contributed by atoms with Crippen LogP contribution in [-0.4, -0.2) is 61.9 Å². The lowest BCUT2D eigenvalue weighted by molar-refractivity contribution is -0.123. The summed E-state index contributed by atoms with van der Waals surface area (Å²) in [5, 5.41) is 13.4. The van der Waals surface area contributed by atoms with E-state index in [1.807, 2.05) is 11.9 Å². The molecule has 0 radical (unpaired) electrons. The highest BCUT2D eigenvalue weighted by Crippen LogP contribution is 2.32. The summed E-state index contributed by atoms with van der Waals surface area (Å²) in [6.07, 6.45) is 4.66.